The molecule has 0 radical (unpaired) electrons. The summed E-state index contributed by atoms with van der Waals surface area (Å²) in [5.74, 6) is -0.429. The minimum absolute atomic E-state index is 0.285. The Balaban J connectivity index is 2.32. The van der Waals surface area contributed by atoms with Crippen LogP contribution in [0.5, 0.6) is 0 Å². The number of benzene rings is 1. The van der Waals surface area contributed by atoms with Crippen LogP contribution >= 0.6 is 0 Å². The van der Waals surface area contributed by atoms with E-state index >= 15 is 0 Å². The van der Waals surface area contributed by atoms with Gasteiger partial charge in [0.1, 0.15) is 17.6 Å². The number of hydrogen-bond donors (Lipinski definition) is 0. The zero-order valence-corrected chi connectivity index (χ0v) is 8.89. The molecule has 2 aromatic rings. The van der Waals surface area contributed by atoms with Crippen LogP contribution in [-0.4, -0.2) is 4.57 Å². The summed E-state index contributed by atoms with van der Waals surface area (Å²) in [6.07, 6.45) is 1.72. The van der Waals surface area contributed by atoms with Gasteiger partial charge in [-0.1, -0.05) is 6.07 Å². The zero-order chi connectivity index (χ0) is 12.3. The standard InChI is InChI=1S/C13H8FN3/c14-13-6-10(7-15)3-4-11(13)9-17-5-1-2-12(17)8-16/h1-6H,9H2. The monoisotopic (exact) mass is 225 g/mol. The van der Waals surface area contributed by atoms with Crippen molar-refractivity contribution in [1.82, 2.24) is 4.57 Å². The van der Waals surface area contributed by atoms with Crippen molar-refractivity contribution in [2.75, 3.05) is 0 Å². The summed E-state index contributed by atoms with van der Waals surface area (Å²) in [6, 6.07) is 11.6. The molecule has 0 spiro atoms. The lowest BCUT2D eigenvalue weighted by atomic mass is 10.1. The molecule has 0 unspecified atom stereocenters. The lowest BCUT2D eigenvalue weighted by molar-refractivity contribution is 0.598. The zero-order valence-electron chi connectivity index (χ0n) is 8.89. The molecule has 2 rings (SSSR count). The van der Waals surface area contributed by atoms with E-state index in [0.29, 0.717) is 16.8 Å². The van der Waals surface area contributed by atoms with Crippen molar-refractivity contribution in [3.05, 3.63) is 59.2 Å². The number of nitrogens with zero attached hydrogens (tertiary/aromatic N) is 3. The fraction of sp³-hybridized carbons (Fsp3) is 0.0769. The highest BCUT2D eigenvalue weighted by Gasteiger charge is 2.06. The Labute approximate surface area is 98.0 Å². The van der Waals surface area contributed by atoms with Crippen LogP contribution in [0.3, 0.4) is 0 Å². The fourth-order valence-electron chi connectivity index (χ4n) is 1.58. The Hall–Kier alpha value is -2.59. The number of aromatic nitrogens is 1. The van der Waals surface area contributed by atoms with Crippen molar-refractivity contribution in [1.29, 1.82) is 10.5 Å². The van der Waals surface area contributed by atoms with Gasteiger partial charge in [0.05, 0.1) is 18.2 Å². The molecule has 82 valence electrons. The van der Waals surface area contributed by atoms with Gasteiger partial charge in [0.2, 0.25) is 0 Å². The fourth-order valence-corrected chi connectivity index (χ4v) is 1.58. The number of halogens is 1. The lowest BCUT2D eigenvalue weighted by Crippen LogP contribution is -2.03. The summed E-state index contributed by atoms with van der Waals surface area (Å²) in [5.41, 5.74) is 1.23. The molecule has 1 aromatic carbocycles. The van der Waals surface area contributed by atoms with Crippen molar-refractivity contribution in [3.63, 3.8) is 0 Å². The van der Waals surface area contributed by atoms with Crippen LogP contribution in [0.15, 0.2) is 36.5 Å². The molecular formula is C13H8FN3. The first kappa shape index (κ1) is 10.9. The van der Waals surface area contributed by atoms with Crippen LogP contribution in [0.1, 0.15) is 16.8 Å². The Morgan fingerprint density at radius 2 is 2.00 bits per heavy atom. The molecule has 3 nitrogen and oxygen atoms in total. The van der Waals surface area contributed by atoms with Gasteiger partial charge in [-0.05, 0) is 24.3 Å². The molecule has 0 aliphatic rings. The van der Waals surface area contributed by atoms with Gasteiger partial charge in [-0.25, -0.2) is 4.39 Å². The maximum absolute atomic E-state index is 13.6. The molecule has 0 aliphatic carbocycles. The molecule has 0 atom stereocenters. The molecule has 0 saturated carbocycles. The quantitative estimate of drug-likeness (QED) is 0.788. The second-order valence-corrected chi connectivity index (χ2v) is 3.55. The topological polar surface area (TPSA) is 52.5 Å². The molecule has 0 saturated heterocycles. The summed E-state index contributed by atoms with van der Waals surface area (Å²) in [7, 11) is 0. The summed E-state index contributed by atoms with van der Waals surface area (Å²) >= 11 is 0. The molecule has 0 aliphatic heterocycles. The second kappa shape index (κ2) is 4.51. The van der Waals surface area contributed by atoms with Gasteiger partial charge in [0.25, 0.3) is 0 Å². The minimum Gasteiger partial charge on any atom is -0.335 e. The van der Waals surface area contributed by atoms with Gasteiger partial charge in [0.15, 0.2) is 0 Å². The molecule has 0 fully saturated rings. The van der Waals surface area contributed by atoms with E-state index in [0.717, 1.165) is 0 Å². The van der Waals surface area contributed by atoms with E-state index in [9.17, 15) is 4.39 Å². The Bertz CT molecular complexity index is 629. The molecule has 1 heterocycles. The van der Waals surface area contributed by atoms with Gasteiger partial charge >= 0.3 is 0 Å². The average Bonchev–Trinajstić information content (AvgIpc) is 2.79. The molecule has 4 heteroatoms. The van der Waals surface area contributed by atoms with Gasteiger partial charge in [-0.3, -0.25) is 0 Å². The molecule has 1 aromatic heterocycles. The summed E-state index contributed by atoms with van der Waals surface area (Å²) in [6.45, 7) is 0.285. The predicted molar refractivity (Wildman–Crippen MR) is 59.4 cm³/mol. The Morgan fingerprint density at radius 3 is 2.65 bits per heavy atom. The summed E-state index contributed by atoms with van der Waals surface area (Å²) in [5, 5.41) is 17.5. The first-order valence-corrected chi connectivity index (χ1v) is 4.98. The number of hydrogen-bond acceptors (Lipinski definition) is 2. The maximum Gasteiger partial charge on any atom is 0.129 e. The maximum atomic E-state index is 13.6. The van der Waals surface area contributed by atoms with Crippen LogP contribution in [0.2, 0.25) is 0 Å². The Morgan fingerprint density at radius 1 is 1.18 bits per heavy atom. The highest BCUT2D eigenvalue weighted by Crippen LogP contribution is 2.13. The van der Waals surface area contributed by atoms with Crippen molar-refractivity contribution in [3.8, 4) is 12.1 Å². The third-order valence-corrected chi connectivity index (χ3v) is 2.47. The molecule has 0 N–H and O–H groups in total. The normalized spacial score (nSPS) is 9.59. The van der Waals surface area contributed by atoms with E-state index in [1.165, 1.54) is 6.07 Å². The van der Waals surface area contributed by atoms with Crippen LogP contribution < -0.4 is 0 Å². The summed E-state index contributed by atoms with van der Waals surface area (Å²) in [4.78, 5) is 0. The van der Waals surface area contributed by atoms with Crippen molar-refractivity contribution in [2.45, 2.75) is 6.54 Å². The largest absolute Gasteiger partial charge is 0.335 e. The average molecular weight is 225 g/mol. The van der Waals surface area contributed by atoms with Crippen LogP contribution in [0.4, 0.5) is 4.39 Å². The third-order valence-electron chi connectivity index (χ3n) is 2.47. The van der Waals surface area contributed by atoms with E-state index < -0.39 is 5.82 Å². The van der Waals surface area contributed by atoms with Gasteiger partial charge in [0, 0.05) is 11.8 Å². The van der Waals surface area contributed by atoms with Crippen molar-refractivity contribution in [2.24, 2.45) is 0 Å². The molecule has 17 heavy (non-hydrogen) atoms. The van der Waals surface area contributed by atoms with E-state index in [2.05, 4.69) is 0 Å². The first-order valence-electron chi connectivity index (χ1n) is 4.98. The summed E-state index contributed by atoms with van der Waals surface area (Å²) < 4.78 is 15.3. The van der Waals surface area contributed by atoms with Crippen LogP contribution in [-0.2, 0) is 6.54 Å². The van der Waals surface area contributed by atoms with Crippen molar-refractivity contribution < 1.29 is 4.39 Å². The lowest BCUT2D eigenvalue weighted by Gasteiger charge is -2.06. The molecule has 0 amide bonds. The highest BCUT2D eigenvalue weighted by atomic mass is 19.1. The van der Waals surface area contributed by atoms with E-state index in [1.54, 1.807) is 35.0 Å². The SMILES string of the molecule is N#Cc1ccc(Cn2cccc2C#N)c(F)c1. The Kier molecular flexibility index (Phi) is 2.89. The van der Waals surface area contributed by atoms with E-state index in [1.807, 2.05) is 12.1 Å². The van der Waals surface area contributed by atoms with Crippen LogP contribution in [0, 0.1) is 28.5 Å². The van der Waals surface area contributed by atoms with Gasteiger partial charge < -0.3 is 4.57 Å². The first-order chi connectivity index (χ1) is 8.24. The van der Waals surface area contributed by atoms with Crippen molar-refractivity contribution >= 4 is 0 Å². The second-order valence-electron chi connectivity index (χ2n) is 3.55. The third kappa shape index (κ3) is 2.16. The molecular weight excluding hydrogens is 217 g/mol. The predicted octanol–water partition coefficient (Wildman–Crippen LogP) is 2.42. The number of nitriles is 2. The van der Waals surface area contributed by atoms with Gasteiger partial charge in [-0.15, -0.1) is 0 Å². The van der Waals surface area contributed by atoms with E-state index in [-0.39, 0.29) is 6.54 Å². The smallest absolute Gasteiger partial charge is 0.129 e. The number of rotatable bonds is 2. The minimum atomic E-state index is -0.429. The molecule has 0 bridgehead atoms. The van der Waals surface area contributed by atoms with Gasteiger partial charge in [-0.2, -0.15) is 10.5 Å². The van der Waals surface area contributed by atoms with Crippen LogP contribution in [0.25, 0.3) is 0 Å². The highest BCUT2D eigenvalue weighted by molar-refractivity contribution is 5.33. The van der Waals surface area contributed by atoms with E-state index in [4.69, 9.17) is 10.5 Å².